The van der Waals surface area contributed by atoms with Gasteiger partial charge in [0.15, 0.2) is 0 Å². The van der Waals surface area contributed by atoms with E-state index in [4.69, 9.17) is 9.47 Å². The third-order valence-corrected chi connectivity index (χ3v) is 7.61. The molecule has 1 N–H and O–H groups in total. The molecule has 0 aromatic heterocycles. The molecular formula is C26H34N2O6. The Morgan fingerprint density at radius 1 is 1.35 bits per heavy atom. The number of hydrogen-bond donors (Lipinski definition) is 1. The van der Waals surface area contributed by atoms with Crippen molar-refractivity contribution in [3.8, 4) is 0 Å². The minimum atomic E-state index is -1.14. The van der Waals surface area contributed by atoms with Crippen molar-refractivity contribution in [2.45, 2.75) is 63.4 Å². The molecule has 3 fully saturated rings. The van der Waals surface area contributed by atoms with Crippen LogP contribution in [-0.2, 0) is 30.4 Å². The quantitative estimate of drug-likeness (QED) is 0.438. The van der Waals surface area contributed by atoms with Crippen molar-refractivity contribution < 1.29 is 29.0 Å². The average Bonchev–Trinajstić information content (AvgIpc) is 3.39. The third-order valence-electron chi connectivity index (χ3n) is 7.61. The summed E-state index contributed by atoms with van der Waals surface area (Å²) in [7, 11) is 0. The Morgan fingerprint density at radius 3 is 2.68 bits per heavy atom. The number of carbonyl (C=O) groups is 3. The molecule has 2 bridgehead atoms. The van der Waals surface area contributed by atoms with E-state index in [9.17, 15) is 19.5 Å². The maximum absolute atomic E-state index is 14.2. The van der Waals surface area contributed by atoms with E-state index in [1.54, 1.807) is 24.8 Å². The lowest BCUT2D eigenvalue weighted by Gasteiger charge is -2.38. The second kappa shape index (κ2) is 9.15. The van der Waals surface area contributed by atoms with Crippen LogP contribution in [0.2, 0.25) is 0 Å². The average molecular weight is 471 g/mol. The molecule has 3 aliphatic heterocycles. The Hall–Kier alpha value is -2.71. The van der Waals surface area contributed by atoms with Gasteiger partial charge in [-0.2, -0.15) is 0 Å². The lowest BCUT2D eigenvalue weighted by Crippen LogP contribution is -2.58. The molecular weight excluding hydrogens is 436 g/mol. The van der Waals surface area contributed by atoms with E-state index < -0.39 is 41.1 Å². The molecule has 6 atom stereocenters. The highest BCUT2D eigenvalue weighted by molar-refractivity contribution is 5.98. The molecule has 3 saturated heterocycles. The summed E-state index contributed by atoms with van der Waals surface area (Å²) in [5.41, 5.74) is -1.06. The van der Waals surface area contributed by atoms with E-state index >= 15 is 0 Å². The van der Waals surface area contributed by atoms with Crippen molar-refractivity contribution in [2.24, 2.45) is 11.8 Å². The number of amides is 2. The van der Waals surface area contributed by atoms with Gasteiger partial charge in [-0.3, -0.25) is 14.4 Å². The number of ether oxygens (including phenoxy) is 2. The summed E-state index contributed by atoms with van der Waals surface area (Å²) in [4.78, 5) is 44.1. The molecule has 3 heterocycles. The van der Waals surface area contributed by atoms with Crippen LogP contribution in [0, 0.1) is 11.8 Å². The van der Waals surface area contributed by atoms with Crippen molar-refractivity contribution in [3.63, 3.8) is 0 Å². The van der Waals surface area contributed by atoms with Crippen LogP contribution in [0.5, 0.6) is 0 Å². The number of benzene rings is 1. The molecule has 184 valence electrons. The minimum Gasteiger partial charge on any atom is -0.466 e. The van der Waals surface area contributed by atoms with Gasteiger partial charge < -0.3 is 24.4 Å². The van der Waals surface area contributed by atoms with Crippen LogP contribution in [0.15, 0.2) is 43.0 Å². The molecule has 34 heavy (non-hydrogen) atoms. The Labute approximate surface area is 200 Å². The molecule has 8 nitrogen and oxygen atoms in total. The van der Waals surface area contributed by atoms with E-state index in [1.165, 1.54) is 4.90 Å². The first kappa shape index (κ1) is 24.4. The first-order valence-corrected chi connectivity index (χ1v) is 12.0. The van der Waals surface area contributed by atoms with Gasteiger partial charge in [0.05, 0.1) is 30.8 Å². The zero-order valence-corrected chi connectivity index (χ0v) is 20.1. The Kier molecular flexibility index (Phi) is 6.57. The van der Waals surface area contributed by atoms with Gasteiger partial charge in [0.1, 0.15) is 17.6 Å². The van der Waals surface area contributed by atoms with Crippen molar-refractivity contribution in [2.75, 3.05) is 19.8 Å². The molecule has 0 radical (unpaired) electrons. The standard InChI is InChI=1S/C26H34N2O6/c1-5-14-27(15-18-10-8-7-9-11-18)23(31)21-26-13-12-25(4,34-26)20(24(32)33-6-2)19(26)22(30)28(21)17(3)16-29/h5,7-11,17,19-21,29H,1,6,12-16H2,2-4H3/t17-,19+,20+,21?,25-,26?/m1/s1. The minimum absolute atomic E-state index is 0.197. The Morgan fingerprint density at radius 2 is 2.06 bits per heavy atom. The van der Waals surface area contributed by atoms with Gasteiger partial charge in [-0.15, -0.1) is 6.58 Å². The highest BCUT2D eigenvalue weighted by Gasteiger charge is 2.78. The lowest BCUT2D eigenvalue weighted by molar-refractivity contribution is -0.161. The number of aliphatic hydroxyl groups excluding tert-OH is 1. The predicted molar refractivity (Wildman–Crippen MR) is 124 cm³/mol. The van der Waals surface area contributed by atoms with Gasteiger partial charge >= 0.3 is 5.97 Å². The summed E-state index contributed by atoms with van der Waals surface area (Å²) in [6, 6.07) is 8.05. The fourth-order valence-corrected chi connectivity index (χ4v) is 6.16. The number of carbonyl (C=O) groups excluding carboxylic acids is 3. The maximum Gasteiger partial charge on any atom is 0.312 e. The van der Waals surface area contributed by atoms with Gasteiger partial charge in [0.25, 0.3) is 0 Å². The van der Waals surface area contributed by atoms with Crippen LogP contribution in [-0.4, -0.2) is 75.7 Å². The van der Waals surface area contributed by atoms with Gasteiger partial charge in [0, 0.05) is 13.1 Å². The van der Waals surface area contributed by atoms with Crippen LogP contribution in [0.25, 0.3) is 0 Å². The van der Waals surface area contributed by atoms with Crippen LogP contribution in [0.1, 0.15) is 39.2 Å². The van der Waals surface area contributed by atoms with Crippen LogP contribution >= 0.6 is 0 Å². The van der Waals surface area contributed by atoms with E-state index in [2.05, 4.69) is 6.58 Å². The summed E-state index contributed by atoms with van der Waals surface area (Å²) in [5, 5.41) is 9.96. The molecule has 3 aliphatic rings. The Bertz CT molecular complexity index is 967. The number of nitrogens with zero attached hydrogens (tertiary/aromatic N) is 2. The number of likely N-dealkylation sites (tertiary alicyclic amines) is 1. The topological polar surface area (TPSA) is 96.4 Å². The summed E-state index contributed by atoms with van der Waals surface area (Å²) >= 11 is 0. The number of rotatable bonds is 9. The summed E-state index contributed by atoms with van der Waals surface area (Å²) in [6.07, 6.45) is 2.68. The number of fused-ring (bicyclic) bond motifs is 1. The van der Waals surface area contributed by atoms with Crippen LogP contribution in [0.3, 0.4) is 0 Å². The van der Waals surface area contributed by atoms with Crippen molar-refractivity contribution in [1.29, 1.82) is 0 Å². The third kappa shape index (κ3) is 3.64. The largest absolute Gasteiger partial charge is 0.466 e. The number of hydrogen-bond acceptors (Lipinski definition) is 6. The molecule has 2 amide bonds. The zero-order chi connectivity index (χ0) is 24.7. The van der Waals surface area contributed by atoms with E-state index in [0.29, 0.717) is 25.9 Å². The molecule has 4 rings (SSSR count). The fraction of sp³-hybridized carbons (Fsp3) is 0.577. The van der Waals surface area contributed by atoms with Crippen LogP contribution < -0.4 is 0 Å². The van der Waals surface area contributed by atoms with Gasteiger partial charge in [-0.25, -0.2) is 0 Å². The molecule has 1 aromatic carbocycles. The monoisotopic (exact) mass is 470 g/mol. The van der Waals surface area contributed by atoms with Crippen molar-refractivity contribution >= 4 is 17.8 Å². The second-order valence-corrected chi connectivity index (χ2v) is 9.75. The second-order valence-electron chi connectivity index (χ2n) is 9.75. The molecule has 1 aromatic rings. The smallest absolute Gasteiger partial charge is 0.312 e. The van der Waals surface area contributed by atoms with Gasteiger partial charge in [0.2, 0.25) is 11.8 Å². The van der Waals surface area contributed by atoms with E-state index in [1.807, 2.05) is 37.3 Å². The van der Waals surface area contributed by atoms with Crippen molar-refractivity contribution in [1.82, 2.24) is 9.80 Å². The number of esters is 1. The van der Waals surface area contributed by atoms with Crippen molar-refractivity contribution in [3.05, 3.63) is 48.6 Å². The fourth-order valence-electron chi connectivity index (χ4n) is 6.16. The predicted octanol–water partition coefficient (Wildman–Crippen LogP) is 1.91. The number of aliphatic hydroxyl groups is 1. The Balaban J connectivity index is 1.76. The van der Waals surface area contributed by atoms with E-state index in [-0.39, 0.29) is 25.0 Å². The zero-order valence-electron chi connectivity index (χ0n) is 20.1. The first-order chi connectivity index (χ1) is 16.2. The lowest BCUT2D eigenvalue weighted by atomic mass is 9.66. The molecule has 0 aliphatic carbocycles. The van der Waals surface area contributed by atoms with Crippen LogP contribution in [0.4, 0.5) is 0 Å². The SMILES string of the molecule is C=CCN(Cc1ccccc1)C(=O)C1N([C@H](C)CO)C(=O)[C@@H]2[C@@H](C(=O)OCC)[C@@]3(C)CCC12O3. The molecule has 2 unspecified atom stereocenters. The highest BCUT2D eigenvalue weighted by Crippen LogP contribution is 2.63. The first-order valence-electron chi connectivity index (χ1n) is 12.0. The van der Waals surface area contributed by atoms with E-state index in [0.717, 1.165) is 5.56 Å². The highest BCUT2D eigenvalue weighted by atomic mass is 16.6. The maximum atomic E-state index is 14.2. The van der Waals surface area contributed by atoms with Gasteiger partial charge in [-0.05, 0) is 39.2 Å². The molecule has 0 saturated carbocycles. The molecule has 1 spiro atoms. The molecule has 8 heteroatoms. The normalized spacial score (nSPS) is 32.4. The summed E-state index contributed by atoms with van der Waals surface area (Å²) < 4.78 is 11.9. The summed E-state index contributed by atoms with van der Waals surface area (Å²) in [6.45, 7) is 9.60. The van der Waals surface area contributed by atoms with Gasteiger partial charge in [-0.1, -0.05) is 36.4 Å². The summed E-state index contributed by atoms with van der Waals surface area (Å²) in [5.74, 6) is -2.69.